The van der Waals surface area contributed by atoms with Crippen LogP contribution in [0.25, 0.3) is 0 Å². The molecule has 0 aliphatic rings. The molecule has 0 saturated carbocycles. The van der Waals surface area contributed by atoms with Crippen molar-refractivity contribution in [3.05, 3.63) is 86.0 Å². The number of halogens is 3. The lowest BCUT2D eigenvalue weighted by molar-refractivity contribution is 0.295. The highest BCUT2D eigenvalue weighted by molar-refractivity contribution is 9.10. The molecule has 0 spiro atoms. The Kier molecular flexibility index (Phi) is 7.95. The summed E-state index contributed by atoms with van der Waals surface area (Å²) in [5, 5.41) is 8.77. The molecule has 8 nitrogen and oxygen atoms in total. The molecular weight excluding hydrogens is 524 g/mol. The summed E-state index contributed by atoms with van der Waals surface area (Å²) in [5.74, 6) is -1.25. The standard InChI is InChI=1S/C21H20BrF2N3O5S/c1-13-8-19(32-12-14-2-3-15(23)9-18(14)24)20(22)21(29)27(13)11-16-4-5-17(10-25-16)33(30,31)26-6-7-28/h2-5,8-10,26,28H,6-7,11-12H2,1H3. The Hall–Kier alpha value is -2.67. The number of nitrogens with zero attached hydrogens (tertiary/aromatic N) is 2. The van der Waals surface area contributed by atoms with Gasteiger partial charge in [0.25, 0.3) is 5.56 Å². The molecule has 2 aromatic heterocycles. The molecule has 3 aromatic rings. The van der Waals surface area contributed by atoms with E-state index in [0.717, 1.165) is 12.1 Å². The van der Waals surface area contributed by atoms with Gasteiger partial charge in [0.2, 0.25) is 10.0 Å². The highest BCUT2D eigenvalue weighted by Gasteiger charge is 2.16. The van der Waals surface area contributed by atoms with Crippen LogP contribution >= 0.6 is 15.9 Å². The van der Waals surface area contributed by atoms with Gasteiger partial charge in [0.15, 0.2) is 0 Å². The summed E-state index contributed by atoms with van der Waals surface area (Å²) in [6, 6.07) is 7.56. The zero-order chi connectivity index (χ0) is 24.2. The molecule has 0 bridgehead atoms. The molecule has 0 unspecified atom stereocenters. The zero-order valence-corrected chi connectivity index (χ0v) is 19.8. The lowest BCUT2D eigenvalue weighted by Crippen LogP contribution is -2.27. The Morgan fingerprint density at radius 1 is 1.21 bits per heavy atom. The van der Waals surface area contributed by atoms with Gasteiger partial charge in [-0.2, -0.15) is 0 Å². The van der Waals surface area contributed by atoms with Gasteiger partial charge in [0.05, 0.1) is 18.8 Å². The van der Waals surface area contributed by atoms with Crippen LogP contribution in [0.3, 0.4) is 0 Å². The second-order valence-corrected chi connectivity index (χ2v) is 9.55. The third-order valence-electron chi connectivity index (χ3n) is 4.65. The lowest BCUT2D eigenvalue weighted by Gasteiger charge is -2.15. The first-order valence-corrected chi connectivity index (χ1v) is 11.9. The van der Waals surface area contributed by atoms with E-state index in [0.29, 0.717) is 11.4 Å². The van der Waals surface area contributed by atoms with Crippen LogP contribution in [0.15, 0.2) is 56.8 Å². The van der Waals surface area contributed by atoms with Gasteiger partial charge in [-0.05, 0) is 47.1 Å². The van der Waals surface area contributed by atoms with Crippen molar-refractivity contribution in [2.45, 2.75) is 25.0 Å². The van der Waals surface area contributed by atoms with Crippen molar-refractivity contribution in [1.82, 2.24) is 14.3 Å². The molecule has 12 heteroatoms. The van der Waals surface area contributed by atoms with Crippen LogP contribution in [0, 0.1) is 18.6 Å². The van der Waals surface area contributed by atoms with Gasteiger partial charge in [0.1, 0.15) is 33.4 Å². The van der Waals surface area contributed by atoms with Crippen molar-refractivity contribution in [2.24, 2.45) is 0 Å². The van der Waals surface area contributed by atoms with Crippen molar-refractivity contribution in [2.75, 3.05) is 13.2 Å². The van der Waals surface area contributed by atoms with E-state index in [1.807, 2.05) is 0 Å². The number of pyridine rings is 2. The fraction of sp³-hybridized carbons (Fsp3) is 0.238. The Balaban J connectivity index is 1.78. The van der Waals surface area contributed by atoms with E-state index >= 15 is 0 Å². The summed E-state index contributed by atoms with van der Waals surface area (Å²) in [6.07, 6.45) is 1.17. The number of hydrogen-bond acceptors (Lipinski definition) is 6. The number of nitrogens with one attached hydrogen (secondary N) is 1. The molecule has 0 fully saturated rings. The van der Waals surface area contributed by atoms with Crippen molar-refractivity contribution < 1.29 is 27.0 Å². The van der Waals surface area contributed by atoms with Gasteiger partial charge >= 0.3 is 0 Å². The molecule has 0 amide bonds. The summed E-state index contributed by atoms with van der Waals surface area (Å²) in [5.41, 5.74) is 0.682. The minimum Gasteiger partial charge on any atom is -0.487 e. The highest BCUT2D eigenvalue weighted by atomic mass is 79.9. The molecule has 1 aromatic carbocycles. The fourth-order valence-electron chi connectivity index (χ4n) is 2.90. The quantitative estimate of drug-likeness (QED) is 0.429. The normalized spacial score (nSPS) is 11.5. The topological polar surface area (TPSA) is 111 Å². The van der Waals surface area contributed by atoms with E-state index in [1.54, 1.807) is 13.0 Å². The number of aliphatic hydroxyl groups is 1. The first-order chi connectivity index (χ1) is 15.6. The molecule has 0 atom stereocenters. The van der Waals surface area contributed by atoms with Crippen LogP contribution < -0.4 is 15.0 Å². The Morgan fingerprint density at radius 3 is 2.61 bits per heavy atom. The smallest absolute Gasteiger partial charge is 0.269 e. The van der Waals surface area contributed by atoms with Crippen molar-refractivity contribution in [3.8, 4) is 5.75 Å². The van der Waals surface area contributed by atoms with E-state index < -0.39 is 27.2 Å². The van der Waals surface area contributed by atoms with Gasteiger partial charge in [0, 0.05) is 36.1 Å². The number of aliphatic hydroxyl groups excluding tert-OH is 1. The lowest BCUT2D eigenvalue weighted by atomic mass is 10.2. The van der Waals surface area contributed by atoms with Gasteiger partial charge in [-0.15, -0.1) is 0 Å². The molecule has 3 rings (SSSR count). The number of aromatic nitrogens is 2. The molecule has 0 aliphatic carbocycles. The molecule has 0 radical (unpaired) electrons. The first-order valence-electron chi connectivity index (χ1n) is 9.64. The minimum atomic E-state index is -3.79. The second kappa shape index (κ2) is 10.5. The van der Waals surface area contributed by atoms with E-state index in [9.17, 15) is 22.0 Å². The van der Waals surface area contributed by atoms with Crippen molar-refractivity contribution in [1.29, 1.82) is 0 Å². The molecule has 0 saturated heterocycles. The van der Waals surface area contributed by atoms with Gasteiger partial charge in [-0.25, -0.2) is 21.9 Å². The summed E-state index contributed by atoms with van der Waals surface area (Å²) in [6.45, 7) is 1.10. The number of sulfonamides is 1. The maximum absolute atomic E-state index is 13.8. The average molecular weight is 544 g/mol. The summed E-state index contributed by atoms with van der Waals surface area (Å²) in [4.78, 5) is 16.9. The van der Waals surface area contributed by atoms with Gasteiger partial charge < -0.3 is 14.4 Å². The third kappa shape index (κ3) is 6.02. The molecule has 176 valence electrons. The predicted molar refractivity (Wildman–Crippen MR) is 119 cm³/mol. The summed E-state index contributed by atoms with van der Waals surface area (Å²) < 4.78 is 60.3. The number of rotatable bonds is 9. The van der Waals surface area contributed by atoms with Crippen LogP contribution in [0.5, 0.6) is 5.75 Å². The summed E-state index contributed by atoms with van der Waals surface area (Å²) in [7, 11) is -3.79. The fourth-order valence-corrected chi connectivity index (χ4v) is 4.31. The maximum Gasteiger partial charge on any atom is 0.269 e. The van der Waals surface area contributed by atoms with Crippen LogP contribution in [-0.2, 0) is 23.2 Å². The Labute approximate surface area is 197 Å². The van der Waals surface area contributed by atoms with E-state index in [-0.39, 0.29) is 47.0 Å². The largest absolute Gasteiger partial charge is 0.487 e. The Bertz CT molecular complexity index is 1310. The van der Waals surface area contributed by atoms with Gasteiger partial charge in [-0.3, -0.25) is 9.78 Å². The monoisotopic (exact) mass is 543 g/mol. The van der Waals surface area contributed by atoms with Crippen LogP contribution in [0.4, 0.5) is 8.78 Å². The number of aryl methyl sites for hydroxylation is 1. The van der Waals surface area contributed by atoms with Crippen LogP contribution in [0.2, 0.25) is 0 Å². The zero-order valence-electron chi connectivity index (χ0n) is 17.4. The minimum absolute atomic E-state index is 0.0678. The third-order valence-corrected chi connectivity index (χ3v) is 6.82. The predicted octanol–water partition coefficient (Wildman–Crippen LogP) is 2.49. The number of benzene rings is 1. The SMILES string of the molecule is Cc1cc(OCc2ccc(F)cc2F)c(Br)c(=O)n1Cc1ccc(S(=O)(=O)NCCO)cn1. The maximum atomic E-state index is 13.8. The van der Waals surface area contributed by atoms with Gasteiger partial charge in [-0.1, -0.05) is 0 Å². The van der Waals surface area contributed by atoms with Crippen molar-refractivity contribution >= 4 is 26.0 Å². The molecular formula is C21H20BrF2N3O5S. The van der Waals surface area contributed by atoms with E-state index in [4.69, 9.17) is 9.84 Å². The number of hydrogen-bond donors (Lipinski definition) is 2. The van der Waals surface area contributed by atoms with Crippen LogP contribution in [-0.4, -0.2) is 36.2 Å². The molecule has 33 heavy (non-hydrogen) atoms. The molecule has 2 N–H and O–H groups in total. The average Bonchev–Trinajstić information content (AvgIpc) is 2.78. The molecule has 2 heterocycles. The Morgan fingerprint density at radius 2 is 1.97 bits per heavy atom. The number of ether oxygens (including phenoxy) is 1. The van der Waals surface area contributed by atoms with Crippen LogP contribution in [0.1, 0.15) is 17.0 Å². The second-order valence-electron chi connectivity index (χ2n) is 6.99. The molecule has 0 aliphatic heterocycles. The van der Waals surface area contributed by atoms with E-state index in [1.165, 1.54) is 29.0 Å². The van der Waals surface area contributed by atoms with Crippen molar-refractivity contribution in [3.63, 3.8) is 0 Å². The highest BCUT2D eigenvalue weighted by Crippen LogP contribution is 2.24. The first kappa shape index (κ1) is 25.0. The summed E-state index contributed by atoms with van der Waals surface area (Å²) >= 11 is 3.20. The van der Waals surface area contributed by atoms with E-state index in [2.05, 4.69) is 25.6 Å².